The van der Waals surface area contributed by atoms with Crippen molar-refractivity contribution >= 4 is 0 Å². The molecule has 5 aliphatic rings. The number of aryl methyl sites for hydroxylation is 1. The van der Waals surface area contributed by atoms with Crippen LogP contribution in [0.25, 0.3) is 0 Å². The Hall–Kier alpha value is -2.42. The molecule has 31 heavy (non-hydrogen) atoms. The van der Waals surface area contributed by atoms with Crippen molar-refractivity contribution in [3.05, 3.63) is 83.4 Å². The molecule has 4 saturated carbocycles. The molecule has 8 rings (SSSR count). The van der Waals surface area contributed by atoms with Gasteiger partial charge in [-0.1, -0.05) is 60.7 Å². The van der Waals surface area contributed by atoms with E-state index in [0.29, 0.717) is 0 Å². The third kappa shape index (κ3) is 2.65. The van der Waals surface area contributed by atoms with Crippen LogP contribution >= 0.6 is 0 Å². The Balaban J connectivity index is 1.36. The van der Waals surface area contributed by atoms with E-state index in [1.54, 1.807) is 0 Å². The summed E-state index contributed by atoms with van der Waals surface area (Å²) in [5.41, 5.74) is 3.14. The highest BCUT2D eigenvalue weighted by atomic mass is 15.3. The summed E-state index contributed by atoms with van der Waals surface area (Å²) in [6.07, 6.45) is 10.6. The maximum Gasteiger partial charge on any atom is 0.139 e. The maximum atomic E-state index is 4.95. The Labute approximate surface area is 184 Å². The van der Waals surface area contributed by atoms with Crippen LogP contribution in [0.4, 0.5) is 0 Å². The molecule has 0 N–H and O–H groups in total. The zero-order valence-corrected chi connectivity index (χ0v) is 18.2. The summed E-state index contributed by atoms with van der Waals surface area (Å²) < 4.78 is 2.58. The summed E-state index contributed by atoms with van der Waals surface area (Å²) in [5.74, 6) is 5.33. The smallest absolute Gasteiger partial charge is 0.139 e. The van der Waals surface area contributed by atoms with Crippen molar-refractivity contribution in [2.45, 2.75) is 68.7 Å². The molecule has 1 aromatic heterocycles. The molecule has 158 valence electrons. The first-order valence-electron chi connectivity index (χ1n) is 12.3. The average Bonchev–Trinajstić information content (AvgIpc) is 3.23. The molecule has 0 spiro atoms. The third-order valence-electron chi connectivity index (χ3n) is 9.20. The van der Waals surface area contributed by atoms with E-state index in [2.05, 4.69) is 65.2 Å². The summed E-state index contributed by atoms with van der Waals surface area (Å²) in [5, 5.41) is 9.73. The Bertz CT molecular complexity index is 1020. The molecule has 1 aliphatic heterocycles. The van der Waals surface area contributed by atoms with Gasteiger partial charge in [-0.15, -0.1) is 10.2 Å². The van der Waals surface area contributed by atoms with Crippen LogP contribution < -0.4 is 0 Å². The lowest BCUT2D eigenvalue weighted by molar-refractivity contribution is -0.0118. The van der Waals surface area contributed by atoms with E-state index in [-0.39, 0.29) is 10.8 Å². The van der Waals surface area contributed by atoms with Crippen LogP contribution in [-0.2, 0) is 23.8 Å². The van der Waals surface area contributed by atoms with Gasteiger partial charge in [0.25, 0.3) is 0 Å². The fourth-order valence-electron chi connectivity index (χ4n) is 8.29. The minimum absolute atomic E-state index is 0.00502. The SMILES string of the molecule is c1ccc(C2(c3ccccc3)CCc3nnc(C45CC6CC(CC(C6)C4)C5)n3C2)cc1. The number of nitrogens with zero attached hydrogens (tertiary/aromatic N) is 3. The normalized spacial score (nSPS) is 32.7. The predicted octanol–water partition coefficient (Wildman–Crippen LogP) is 5.68. The summed E-state index contributed by atoms with van der Waals surface area (Å²) in [4.78, 5) is 0. The fraction of sp³-hybridized carbons (Fsp3) is 0.500. The molecular weight excluding hydrogens is 378 g/mol. The van der Waals surface area contributed by atoms with E-state index in [4.69, 9.17) is 10.2 Å². The van der Waals surface area contributed by atoms with Crippen molar-refractivity contribution in [2.75, 3.05) is 0 Å². The van der Waals surface area contributed by atoms with Gasteiger partial charge in [0.15, 0.2) is 0 Å². The molecule has 2 aromatic carbocycles. The Kier molecular flexibility index (Phi) is 3.84. The fourth-order valence-corrected chi connectivity index (χ4v) is 8.29. The number of rotatable bonds is 3. The molecule has 0 amide bonds. The van der Waals surface area contributed by atoms with Gasteiger partial charge < -0.3 is 4.57 Å². The molecule has 3 aromatic rings. The highest BCUT2D eigenvalue weighted by Crippen LogP contribution is 2.60. The van der Waals surface area contributed by atoms with Crippen LogP contribution in [0.5, 0.6) is 0 Å². The highest BCUT2D eigenvalue weighted by Gasteiger charge is 2.54. The highest BCUT2D eigenvalue weighted by molar-refractivity contribution is 5.41. The second kappa shape index (κ2) is 6.54. The van der Waals surface area contributed by atoms with Crippen LogP contribution in [0.1, 0.15) is 67.7 Å². The Morgan fingerprint density at radius 2 is 1.26 bits per heavy atom. The van der Waals surface area contributed by atoms with Crippen LogP contribution in [0, 0.1) is 17.8 Å². The van der Waals surface area contributed by atoms with Gasteiger partial charge in [-0.2, -0.15) is 0 Å². The quantitative estimate of drug-likeness (QED) is 0.557. The lowest BCUT2D eigenvalue weighted by Gasteiger charge is -2.56. The Morgan fingerprint density at radius 3 is 1.81 bits per heavy atom. The monoisotopic (exact) mass is 409 g/mol. The van der Waals surface area contributed by atoms with Crippen LogP contribution in [0.3, 0.4) is 0 Å². The van der Waals surface area contributed by atoms with Crippen molar-refractivity contribution in [2.24, 2.45) is 17.8 Å². The zero-order valence-electron chi connectivity index (χ0n) is 18.2. The van der Waals surface area contributed by atoms with Crippen LogP contribution in [-0.4, -0.2) is 14.8 Å². The second-order valence-electron chi connectivity index (χ2n) is 11.0. The predicted molar refractivity (Wildman–Crippen MR) is 122 cm³/mol. The zero-order chi connectivity index (χ0) is 20.5. The van der Waals surface area contributed by atoms with E-state index < -0.39 is 0 Å². The number of aromatic nitrogens is 3. The summed E-state index contributed by atoms with van der Waals surface area (Å²) in [7, 11) is 0. The third-order valence-corrected chi connectivity index (χ3v) is 9.20. The number of fused-ring (bicyclic) bond motifs is 1. The number of hydrogen-bond acceptors (Lipinski definition) is 2. The first kappa shape index (κ1) is 18.2. The topological polar surface area (TPSA) is 30.7 Å². The Morgan fingerprint density at radius 1 is 0.710 bits per heavy atom. The van der Waals surface area contributed by atoms with E-state index in [1.165, 1.54) is 61.3 Å². The number of hydrogen-bond donors (Lipinski definition) is 0. The molecule has 0 saturated heterocycles. The van der Waals surface area contributed by atoms with Gasteiger partial charge >= 0.3 is 0 Å². The minimum atomic E-state index is -0.00502. The molecule has 2 heterocycles. The lowest BCUT2D eigenvalue weighted by atomic mass is 9.49. The van der Waals surface area contributed by atoms with Gasteiger partial charge in [0, 0.05) is 23.8 Å². The molecule has 3 heteroatoms. The van der Waals surface area contributed by atoms with Crippen LogP contribution in [0.15, 0.2) is 60.7 Å². The molecular formula is C28H31N3. The van der Waals surface area contributed by atoms with E-state index >= 15 is 0 Å². The van der Waals surface area contributed by atoms with Crippen molar-refractivity contribution in [1.82, 2.24) is 14.8 Å². The van der Waals surface area contributed by atoms with Crippen molar-refractivity contribution in [3.63, 3.8) is 0 Å². The molecule has 4 aliphatic carbocycles. The standard InChI is InChI=1S/C28H31N3/c1-3-7-23(8-4-1)28(24-9-5-2-6-10-24)12-11-25-29-30-26(31(25)19-28)27-16-20-13-21(17-27)15-22(14-20)18-27/h1-10,20-22H,11-19H2. The first-order chi connectivity index (χ1) is 15.2. The van der Waals surface area contributed by atoms with Crippen molar-refractivity contribution in [1.29, 1.82) is 0 Å². The number of benzene rings is 2. The maximum absolute atomic E-state index is 4.95. The van der Waals surface area contributed by atoms with Crippen LogP contribution in [0.2, 0.25) is 0 Å². The van der Waals surface area contributed by atoms with E-state index in [0.717, 1.165) is 37.1 Å². The van der Waals surface area contributed by atoms with Gasteiger partial charge in [0.1, 0.15) is 11.6 Å². The van der Waals surface area contributed by atoms with E-state index in [9.17, 15) is 0 Å². The first-order valence-corrected chi connectivity index (χ1v) is 12.3. The lowest BCUT2D eigenvalue weighted by Crippen LogP contribution is -2.50. The largest absolute Gasteiger partial charge is 0.313 e. The molecule has 4 fully saturated rings. The summed E-state index contributed by atoms with van der Waals surface area (Å²) >= 11 is 0. The van der Waals surface area contributed by atoms with Gasteiger partial charge in [-0.3, -0.25) is 0 Å². The molecule has 0 unspecified atom stereocenters. The molecule has 4 bridgehead atoms. The average molecular weight is 410 g/mol. The molecule has 0 atom stereocenters. The van der Waals surface area contributed by atoms with Gasteiger partial charge in [0.2, 0.25) is 0 Å². The summed E-state index contributed by atoms with van der Waals surface area (Å²) in [6.45, 7) is 0.973. The van der Waals surface area contributed by atoms with Gasteiger partial charge in [0.05, 0.1) is 0 Å². The minimum Gasteiger partial charge on any atom is -0.313 e. The van der Waals surface area contributed by atoms with Gasteiger partial charge in [-0.05, 0) is 73.8 Å². The molecule has 3 nitrogen and oxygen atoms in total. The summed E-state index contributed by atoms with van der Waals surface area (Å²) in [6, 6.07) is 22.4. The molecule has 0 radical (unpaired) electrons. The van der Waals surface area contributed by atoms with Crippen molar-refractivity contribution in [3.8, 4) is 0 Å². The second-order valence-corrected chi connectivity index (χ2v) is 11.0. The van der Waals surface area contributed by atoms with Gasteiger partial charge in [-0.25, -0.2) is 0 Å². The van der Waals surface area contributed by atoms with Crippen molar-refractivity contribution < 1.29 is 0 Å². The van der Waals surface area contributed by atoms with E-state index in [1.807, 2.05) is 0 Å².